The summed E-state index contributed by atoms with van der Waals surface area (Å²) < 4.78 is 0. The van der Waals surface area contributed by atoms with Crippen LogP contribution in [0.4, 0.5) is 0 Å². The number of carboxylic acids is 2. The number of nitrogens with zero attached hydrogens (tertiary/aromatic N) is 1. The van der Waals surface area contributed by atoms with Gasteiger partial charge in [-0.3, -0.25) is 0 Å². The molecule has 0 aliphatic rings. The molecule has 0 bridgehead atoms. The van der Waals surface area contributed by atoms with Crippen LogP contribution in [0, 0.1) is 0 Å². The van der Waals surface area contributed by atoms with Gasteiger partial charge in [0.2, 0.25) is 0 Å². The second-order valence-corrected chi connectivity index (χ2v) is 2.01. The average Bonchev–Trinajstić information content (AvgIpc) is 2.04. The smallest absolute Gasteiger partial charge is 0.478 e. The van der Waals surface area contributed by atoms with Gasteiger partial charge in [0.1, 0.15) is 0 Å². The van der Waals surface area contributed by atoms with Crippen molar-refractivity contribution in [3.05, 3.63) is 29.6 Å². The van der Waals surface area contributed by atoms with E-state index in [0.717, 1.165) is 0 Å². The fourth-order valence-electron chi connectivity index (χ4n) is 0.748. The molecule has 1 aromatic heterocycles. The van der Waals surface area contributed by atoms with E-state index in [2.05, 4.69) is 4.98 Å². The first kappa shape index (κ1) is 11.6. The number of carbonyl (C=O) groups is 2. The summed E-state index contributed by atoms with van der Waals surface area (Å²) in [6.07, 6.45) is 1.23. The van der Waals surface area contributed by atoms with E-state index in [9.17, 15) is 9.59 Å². The molecule has 0 saturated carbocycles. The van der Waals surface area contributed by atoms with E-state index in [1.54, 1.807) is 0 Å². The Balaban J connectivity index is 0.00000144. The minimum atomic E-state index is -1.34. The molecule has 0 saturated heterocycles. The van der Waals surface area contributed by atoms with E-state index in [0.29, 0.717) is 0 Å². The number of carboxylic acid groups (broad SMARTS) is 2. The van der Waals surface area contributed by atoms with Gasteiger partial charge in [0.05, 0.1) is 5.56 Å². The maximum atomic E-state index is 10.4. The molecule has 1 heterocycles. The molecule has 5 nitrogen and oxygen atoms in total. The Kier molecular flexibility index (Phi) is 4.10. The molecule has 13 heavy (non-hydrogen) atoms. The quantitative estimate of drug-likeness (QED) is 0.722. The molecule has 0 fully saturated rings. The van der Waals surface area contributed by atoms with Crippen molar-refractivity contribution in [2.45, 2.75) is 0 Å². The summed E-state index contributed by atoms with van der Waals surface area (Å²) in [5.41, 5.74) is -0.741. The number of pyridine rings is 1. The van der Waals surface area contributed by atoms with E-state index in [1.165, 1.54) is 18.3 Å². The van der Waals surface area contributed by atoms with Gasteiger partial charge in [-0.2, -0.15) is 0 Å². The third kappa shape index (κ3) is 2.54. The largest absolute Gasteiger partial charge is 2.00 e. The Hall–Kier alpha value is -1.39. The fourth-order valence-corrected chi connectivity index (χ4v) is 0.748. The van der Waals surface area contributed by atoms with E-state index < -0.39 is 17.6 Å². The summed E-state index contributed by atoms with van der Waals surface area (Å²) >= 11 is 0. The predicted molar refractivity (Wildman–Crippen MR) is 38.2 cm³/mol. The standard InChI is InChI=1S/C7H5NO4.Cu/c9-6(10)4-2-1-3-8-5(4)7(11)12;/h1-3H,(H,9,10)(H,11,12);/q;+2. The molecular formula is C7H5CuNO4+2. The minimum absolute atomic E-state index is 0. The molecule has 6 heteroatoms. The molecule has 0 amide bonds. The van der Waals surface area contributed by atoms with Crippen molar-refractivity contribution >= 4 is 11.9 Å². The van der Waals surface area contributed by atoms with Crippen molar-refractivity contribution < 1.29 is 36.9 Å². The number of hydrogen-bond donors (Lipinski definition) is 2. The van der Waals surface area contributed by atoms with Crippen molar-refractivity contribution in [3.63, 3.8) is 0 Å². The van der Waals surface area contributed by atoms with Crippen LogP contribution in [0.1, 0.15) is 20.8 Å². The van der Waals surface area contributed by atoms with Crippen LogP contribution in [-0.2, 0) is 17.1 Å². The topological polar surface area (TPSA) is 87.5 Å². The summed E-state index contributed by atoms with van der Waals surface area (Å²) in [6.45, 7) is 0. The van der Waals surface area contributed by atoms with Crippen LogP contribution in [0.15, 0.2) is 18.3 Å². The van der Waals surface area contributed by atoms with Crippen molar-refractivity contribution in [1.29, 1.82) is 0 Å². The van der Waals surface area contributed by atoms with E-state index in [4.69, 9.17) is 10.2 Å². The Morgan fingerprint density at radius 2 is 1.85 bits per heavy atom. The first-order chi connectivity index (χ1) is 5.63. The third-order valence-corrected chi connectivity index (χ3v) is 1.24. The fraction of sp³-hybridized carbons (Fsp3) is 0. The van der Waals surface area contributed by atoms with Crippen LogP contribution in [0.25, 0.3) is 0 Å². The Bertz CT molecular complexity index is 306. The van der Waals surface area contributed by atoms with Crippen molar-refractivity contribution in [2.75, 3.05) is 0 Å². The monoisotopic (exact) mass is 230 g/mol. The van der Waals surface area contributed by atoms with Gasteiger partial charge in [-0.1, -0.05) is 0 Å². The number of aromatic carboxylic acids is 2. The third-order valence-electron chi connectivity index (χ3n) is 1.24. The van der Waals surface area contributed by atoms with Gasteiger partial charge in [-0.25, -0.2) is 14.6 Å². The van der Waals surface area contributed by atoms with Crippen LogP contribution >= 0.6 is 0 Å². The van der Waals surface area contributed by atoms with Crippen LogP contribution < -0.4 is 0 Å². The maximum absolute atomic E-state index is 10.4. The van der Waals surface area contributed by atoms with Crippen molar-refractivity contribution in [3.8, 4) is 0 Å². The summed E-state index contributed by atoms with van der Waals surface area (Å²) in [5, 5.41) is 17.0. The first-order valence-electron chi connectivity index (χ1n) is 3.04. The van der Waals surface area contributed by atoms with Crippen LogP contribution in [0.2, 0.25) is 0 Å². The minimum Gasteiger partial charge on any atom is -0.478 e. The SMILES string of the molecule is O=C(O)c1cccnc1C(=O)O.[Cu+2]. The Morgan fingerprint density at radius 3 is 2.23 bits per heavy atom. The zero-order valence-corrected chi connectivity index (χ0v) is 7.13. The molecule has 1 rings (SSSR count). The summed E-state index contributed by atoms with van der Waals surface area (Å²) in [5.74, 6) is -2.63. The van der Waals surface area contributed by atoms with Gasteiger partial charge >= 0.3 is 29.0 Å². The number of rotatable bonds is 2. The van der Waals surface area contributed by atoms with Gasteiger partial charge < -0.3 is 10.2 Å². The molecule has 2 N–H and O–H groups in total. The second-order valence-electron chi connectivity index (χ2n) is 2.01. The molecule has 0 aliphatic carbocycles. The van der Waals surface area contributed by atoms with Gasteiger partial charge in [-0.05, 0) is 12.1 Å². The van der Waals surface area contributed by atoms with Gasteiger partial charge in [-0.15, -0.1) is 0 Å². The molecule has 0 aromatic carbocycles. The molecule has 0 spiro atoms. The summed E-state index contributed by atoms with van der Waals surface area (Å²) in [6, 6.07) is 2.56. The first-order valence-corrected chi connectivity index (χ1v) is 3.04. The van der Waals surface area contributed by atoms with E-state index >= 15 is 0 Å². The molecule has 0 unspecified atom stereocenters. The molecule has 1 aromatic rings. The van der Waals surface area contributed by atoms with Gasteiger partial charge in [0, 0.05) is 6.20 Å². The molecule has 71 valence electrons. The maximum Gasteiger partial charge on any atom is 2.00 e. The van der Waals surface area contributed by atoms with Crippen LogP contribution in [-0.4, -0.2) is 27.1 Å². The zero-order valence-electron chi connectivity index (χ0n) is 6.19. The molecular weight excluding hydrogens is 226 g/mol. The summed E-state index contributed by atoms with van der Waals surface area (Å²) in [4.78, 5) is 24.2. The normalized spacial score (nSPS) is 8.62. The predicted octanol–water partition coefficient (Wildman–Crippen LogP) is 0.475. The van der Waals surface area contributed by atoms with Crippen LogP contribution in [0.5, 0.6) is 0 Å². The second kappa shape index (κ2) is 4.59. The number of hydrogen-bond acceptors (Lipinski definition) is 3. The molecule has 0 aliphatic heterocycles. The van der Waals surface area contributed by atoms with Gasteiger partial charge in [0.25, 0.3) is 0 Å². The molecule has 0 atom stereocenters. The molecule has 1 radical (unpaired) electrons. The Labute approximate surface area is 83.9 Å². The average molecular weight is 231 g/mol. The van der Waals surface area contributed by atoms with Crippen molar-refractivity contribution in [1.82, 2.24) is 4.98 Å². The van der Waals surface area contributed by atoms with Crippen molar-refractivity contribution in [2.24, 2.45) is 0 Å². The van der Waals surface area contributed by atoms with E-state index in [-0.39, 0.29) is 22.6 Å². The van der Waals surface area contributed by atoms with Crippen LogP contribution in [0.3, 0.4) is 0 Å². The zero-order chi connectivity index (χ0) is 9.14. The Morgan fingerprint density at radius 1 is 1.23 bits per heavy atom. The summed E-state index contributed by atoms with van der Waals surface area (Å²) in [7, 11) is 0. The van der Waals surface area contributed by atoms with Gasteiger partial charge in [0.15, 0.2) is 5.69 Å². The van der Waals surface area contributed by atoms with E-state index in [1.807, 2.05) is 0 Å². The number of aromatic nitrogens is 1.